The van der Waals surface area contributed by atoms with Gasteiger partial charge in [0, 0.05) is 13.1 Å². The average Bonchev–Trinajstić information content (AvgIpc) is 2.54. The second-order valence-electron chi connectivity index (χ2n) is 4.86. The fourth-order valence-corrected chi connectivity index (χ4v) is 4.15. The fraction of sp³-hybridized carbons (Fsp3) is 0.400. The summed E-state index contributed by atoms with van der Waals surface area (Å²) in [6, 6.07) is 6.36. The molecular formula is C15H17NO4S. The first-order chi connectivity index (χ1) is 9.98. The van der Waals surface area contributed by atoms with E-state index >= 15 is 0 Å². The number of likely N-dealkylation sites (tertiary alicyclic amines) is 1. The van der Waals surface area contributed by atoms with Gasteiger partial charge in [-0.2, -0.15) is 0 Å². The minimum absolute atomic E-state index is 0.282. The molecule has 112 valence electrons. The number of nitrogens with zero attached hydrogens (tertiary/aromatic N) is 1. The van der Waals surface area contributed by atoms with Crippen LogP contribution in [0.2, 0.25) is 0 Å². The highest BCUT2D eigenvalue weighted by Gasteiger charge is 2.32. The lowest BCUT2D eigenvalue weighted by molar-refractivity contribution is -0.125. The summed E-state index contributed by atoms with van der Waals surface area (Å²) in [6.07, 6.45) is 5.88. The number of piperidine rings is 1. The first-order valence-corrected chi connectivity index (χ1v) is 8.17. The molecule has 0 unspecified atom stereocenters. The van der Waals surface area contributed by atoms with Crippen molar-refractivity contribution in [3.05, 3.63) is 24.3 Å². The molecule has 0 aliphatic carbocycles. The van der Waals surface area contributed by atoms with Crippen LogP contribution in [-0.4, -0.2) is 44.7 Å². The SMILES string of the molecule is C#CC(=O)N1CCC(S(=O)(=O)c2ccc(OC)cc2)CC1. The van der Waals surface area contributed by atoms with Crippen LogP contribution in [0, 0.1) is 12.3 Å². The smallest absolute Gasteiger partial charge is 0.298 e. The fourth-order valence-electron chi connectivity index (χ4n) is 2.42. The summed E-state index contributed by atoms with van der Waals surface area (Å²) in [5.74, 6) is 2.29. The number of methoxy groups -OCH3 is 1. The summed E-state index contributed by atoms with van der Waals surface area (Å²) < 4.78 is 30.1. The van der Waals surface area contributed by atoms with E-state index in [0.29, 0.717) is 31.7 Å². The summed E-state index contributed by atoms with van der Waals surface area (Å²) in [4.78, 5) is 13.2. The second kappa shape index (κ2) is 6.19. The van der Waals surface area contributed by atoms with E-state index in [1.54, 1.807) is 24.3 Å². The molecule has 1 saturated heterocycles. The van der Waals surface area contributed by atoms with Gasteiger partial charge in [0.2, 0.25) is 0 Å². The molecule has 21 heavy (non-hydrogen) atoms. The third-order valence-electron chi connectivity index (χ3n) is 3.68. The Balaban J connectivity index is 2.11. The summed E-state index contributed by atoms with van der Waals surface area (Å²) in [6.45, 7) is 0.756. The molecule has 0 saturated carbocycles. The number of rotatable bonds is 3. The molecule has 0 N–H and O–H groups in total. The van der Waals surface area contributed by atoms with Gasteiger partial charge in [0.1, 0.15) is 5.75 Å². The van der Waals surface area contributed by atoms with Crippen molar-refractivity contribution in [2.45, 2.75) is 23.0 Å². The maximum atomic E-state index is 12.5. The van der Waals surface area contributed by atoms with Gasteiger partial charge in [-0.05, 0) is 43.0 Å². The number of carbonyl (C=O) groups excluding carboxylic acids is 1. The van der Waals surface area contributed by atoms with Crippen LogP contribution in [0.25, 0.3) is 0 Å². The normalized spacial score (nSPS) is 16.3. The van der Waals surface area contributed by atoms with Crippen molar-refractivity contribution in [3.63, 3.8) is 0 Å². The molecule has 1 aromatic carbocycles. The predicted molar refractivity (Wildman–Crippen MR) is 78.6 cm³/mol. The quantitative estimate of drug-likeness (QED) is 0.784. The Bertz CT molecular complexity index is 650. The zero-order valence-electron chi connectivity index (χ0n) is 11.8. The van der Waals surface area contributed by atoms with Crippen LogP contribution in [-0.2, 0) is 14.6 Å². The van der Waals surface area contributed by atoms with E-state index < -0.39 is 15.1 Å². The van der Waals surface area contributed by atoms with Gasteiger partial charge in [-0.3, -0.25) is 4.79 Å². The number of hydrogen-bond acceptors (Lipinski definition) is 4. The Morgan fingerprint density at radius 1 is 1.29 bits per heavy atom. The Hall–Kier alpha value is -2.00. The Morgan fingerprint density at radius 2 is 1.86 bits per heavy atom. The molecule has 0 bridgehead atoms. The molecule has 1 aromatic rings. The lowest BCUT2D eigenvalue weighted by Crippen LogP contribution is -2.42. The maximum Gasteiger partial charge on any atom is 0.298 e. The highest BCUT2D eigenvalue weighted by atomic mass is 32.2. The molecule has 0 radical (unpaired) electrons. The number of ether oxygens (including phenoxy) is 1. The summed E-state index contributed by atoms with van der Waals surface area (Å²) in [5.41, 5.74) is 0. The lowest BCUT2D eigenvalue weighted by Gasteiger charge is -2.30. The van der Waals surface area contributed by atoms with E-state index in [9.17, 15) is 13.2 Å². The van der Waals surface area contributed by atoms with Gasteiger partial charge in [0.25, 0.3) is 5.91 Å². The Morgan fingerprint density at radius 3 is 2.33 bits per heavy atom. The van der Waals surface area contributed by atoms with Crippen LogP contribution in [0.1, 0.15) is 12.8 Å². The molecule has 0 spiro atoms. The van der Waals surface area contributed by atoms with Crippen molar-refractivity contribution in [1.29, 1.82) is 0 Å². The average molecular weight is 307 g/mol. The van der Waals surface area contributed by atoms with E-state index in [1.165, 1.54) is 12.0 Å². The largest absolute Gasteiger partial charge is 0.497 e. The number of sulfone groups is 1. The molecule has 5 nitrogen and oxygen atoms in total. The zero-order valence-corrected chi connectivity index (χ0v) is 12.6. The summed E-state index contributed by atoms with van der Waals surface area (Å²) in [5, 5.41) is -0.479. The van der Waals surface area contributed by atoms with Gasteiger partial charge in [-0.1, -0.05) is 0 Å². The highest BCUT2D eigenvalue weighted by Crippen LogP contribution is 2.26. The Labute approximate surface area is 124 Å². The minimum Gasteiger partial charge on any atom is -0.497 e. The molecule has 1 aliphatic heterocycles. The minimum atomic E-state index is -3.39. The van der Waals surface area contributed by atoms with Crippen LogP contribution in [0.4, 0.5) is 0 Å². The van der Waals surface area contributed by atoms with Crippen LogP contribution in [0.3, 0.4) is 0 Å². The predicted octanol–water partition coefficient (Wildman–Crippen LogP) is 1.09. The molecule has 1 fully saturated rings. The standard InChI is InChI=1S/C15H17NO4S/c1-3-15(17)16-10-8-14(9-11-16)21(18,19)13-6-4-12(20-2)5-7-13/h1,4-7,14H,8-11H2,2H3. The van der Waals surface area contributed by atoms with Crippen molar-refractivity contribution in [2.24, 2.45) is 0 Å². The number of terminal acetylenes is 1. The van der Waals surface area contributed by atoms with Gasteiger partial charge in [0.15, 0.2) is 9.84 Å². The van der Waals surface area contributed by atoms with E-state index in [2.05, 4.69) is 5.92 Å². The third kappa shape index (κ3) is 3.19. The van der Waals surface area contributed by atoms with Gasteiger partial charge in [-0.15, -0.1) is 6.42 Å². The number of benzene rings is 1. The van der Waals surface area contributed by atoms with Crippen LogP contribution >= 0.6 is 0 Å². The zero-order chi connectivity index (χ0) is 15.5. The highest BCUT2D eigenvalue weighted by molar-refractivity contribution is 7.92. The number of amides is 1. The van der Waals surface area contributed by atoms with Crippen LogP contribution in [0.15, 0.2) is 29.2 Å². The van der Waals surface area contributed by atoms with Gasteiger partial charge >= 0.3 is 0 Å². The number of hydrogen-bond donors (Lipinski definition) is 0. The van der Waals surface area contributed by atoms with Crippen molar-refractivity contribution in [3.8, 4) is 18.1 Å². The maximum absolute atomic E-state index is 12.5. The van der Waals surface area contributed by atoms with Gasteiger partial charge in [-0.25, -0.2) is 8.42 Å². The summed E-state index contributed by atoms with van der Waals surface area (Å²) >= 11 is 0. The van der Waals surface area contributed by atoms with Crippen molar-refractivity contribution < 1.29 is 17.9 Å². The second-order valence-corrected chi connectivity index (χ2v) is 7.08. The van der Waals surface area contributed by atoms with E-state index in [1.807, 2.05) is 0 Å². The molecule has 1 amide bonds. The van der Waals surface area contributed by atoms with E-state index in [4.69, 9.17) is 11.2 Å². The monoisotopic (exact) mass is 307 g/mol. The van der Waals surface area contributed by atoms with Crippen LogP contribution < -0.4 is 4.74 Å². The van der Waals surface area contributed by atoms with Crippen molar-refractivity contribution >= 4 is 15.7 Å². The van der Waals surface area contributed by atoms with Gasteiger partial charge in [0.05, 0.1) is 17.3 Å². The molecule has 6 heteroatoms. The van der Waals surface area contributed by atoms with Crippen LogP contribution in [0.5, 0.6) is 5.75 Å². The van der Waals surface area contributed by atoms with Gasteiger partial charge < -0.3 is 9.64 Å². The number of carbonyl (C=O) groups is 1. The molecule has 0 aromatic heterocycles. The molecular weight excluding hydrogens is 290 g/mol. The summed E-state index contributed by atoms with van der Waals surface area (Å²) in [7, 11) is -1.86. The Kier molecular flexibility index (Phi) is 4.53. The molecule has 0 atom stereocenters. The first-order valence-electron chi connectivity index (χ1n) is 6.62. The van der Waals surface area contributed by atoms with E-state index in [0.717, 1.165) is 0 Å². The molecule has 2 rings (SSSR count). The van der Waals surface area contributed by atoms with Crippen molar-refractivity contribution in [1.82, 2.24) is 4.90 Å². The van der Waals surface area contributed by atoms with E-state index in [-0.39, 0.29) is 10.8 Å². The molecule has 1 heterocycles. The third-order valence-corrected chi connectivity index (χ3v) is 5.96. The lowest BCUT2D eigenvalue weighted by atomic mass is 10.1. The topological polar surface area (TPSA) is 63.7 Å². The molecule has 1 aliphatic rings. The van der Waals surface area contributed by atoms with Crippen molar-refractivity contribution in [2.75, 3.05) is 20.2 Å². The first kappa shape index (κ1) is 15.4.